The van der Waals surface area contributed by atoms with Gasteiger partial charge in [0.1, 0.15) is 0 Å². The molecule has 0 bridgehead atoms. The van der Waals surface area contributed by atoms with Crippen molar-refractivity contribution in [2.45, 2.75) is 4.90 Å². The Kier molecular flexibility index (Phi) is 4.41. The smallest absolute Gasteiger partial charge is 0.275 e. The molecule has 1 aromatic carbocycles. The second-order valence-corrected chi connectivity index (χ2v) is 8.80. The minimum absolute atomic E-state index is 1.03. The largest absolute Gasteiger partial charge is 0.276 e. The predicted octanol–water partition coefficient (Wildman–Crippen LogP) is 3.01. The summed E-state index contributed by atoms with van der Waals surface area (Å²) in [7, 11) is 7.38. The van der Waals surface area contributed by atoms with E-state index in [1.54, 1.807) is 9.34 Å². The third-order valence-corrected chi connectivity index (χ3v) is 8.03. The normalized spacial score (nSPS) is 12.4. The maximum Gasteiger partial charge on any atom is 0.275 e. The molecule has 0 spiro atoms. The summed E-state index contributed by atoms with van der Waals surface area (Å²) in [6, 6.07) is 9.82. The highest BCUT2D eigenvalue weighted by molar-refractivity contribution is 8.56. The molecule has 0 radical (unpaired) electrons. The Balaban J connectivity index is 2.91. The quantitative estimate of drug-likeness (QED) is 0.760. The van der Waals surface area contributed by atoms with Crippen LogP contribution in [0.1, 0.15) is 0 Å². The number of hydrogen-bond donors (Lipinski definition) is 0. The van der Waals surface area contributed by atoms with Gasteiger partial charge in [0.05, 0.1) is 0 Å². The summed E-state index contributed by atoms with van der Waals surface area (Å²) in [4.78, 5) is 1.03. The van der Waals surface area contributed by atoms with Crippen molar-refractivity contribution in [3.63, 3.8) is 0 Å². The summed E-state index contributed by atoms with van der Waals surface area (Å²) >= 11 is 1.41. The number of rotatable bonds is 4. The molecule has 0 saturated carbocycles. The SMILES string of the molecule is CN(C)P(=O)(Sc1ccccc1)N(C)C. The van der Waals surface area contributed by atoms with E-state index in [4.69, 9.17) is 0 Å². The number of hydrogen-bond acceptors (Lipinski definition) is 2. The Bertz CT molecular complexity index is 342. The maximum absolute atomic E-state index is 12.6. The molecule has 0 fully saturated rings. The molecule has 0 N–H and O–H groups in total. The molecule has 0 aromatic heterocycles. The summed E-state index contributed by atoms with van der Waals surface area (Å²) < 4.78 is 16.2. The molecule has 1 rings (SSSR count). The molecular formula is C10H17N2OPS. The van der Waals surface area contributed by atoms with Crippen LogP contribution < -0.4 is 0 Å². The lowest BCUT2D eigenvalue weighted by Crippen LogP contribution is -2.18. The second kappa shape index (κ2) is 5.17. The van der Waals surface area contributed by atoms with Gasteiger partial charge in [-0.2, -0.15) is 0 Å². The van der Waals surface area contributed by atoms with Crippen molar-refractivity contribution in [3.05, 3.63) is 30.3 Å². The zero-order chi connectivity index (χ0) is 11.5. The molecule has 84 valence electrons. The first kappa shape index (κ1) is 12.8. The fraction of sp³-hybridized carbons (Fsp3) is 0.400. The highest BCUT2D eigenvalue weighted by Gasteiger charge is 2.29. The first-order valence-corrected chi connectivity index (χ1v) is 7.70. The van der Waals surface area contributed by atoms with Crippen molar-refractivity contribution in [2.75, 3.05) is 28.2 Å². The zero-order valence-electron chi connectivity index (χ0n) is 9.54. The fourth-order valence-electron chi connectivity index (χ4n) is 1.14. The topological polar surface area (TPSA) is 23.6 Å². The minimum Gasteiger partial charge on any atom is -0.276 e. The molecule has 1 aromatic rings. The number of nitrogens with zero attached hydrogens (tertiary/aromatic N) is 2. The molecule has 0 aliphatic heterocycles. The van der Waals surface area contributed by atoms with Crippen LogP contribution in [-0.2, 0) is 4.57 Å². The highest BCUT2D eigenvalue weighted by atomic mass is 32.7. The monoisotopic (exact) mass is 244 g/mol. The number of benzene rings is 1. The Morgan fingerprint density at radius 3 is 1.87 bits per heavy atom. The van der Waals surface area contributed by atoms with Crippen LogP contribution in [0, 0.1) is 0 Å². The third-order valence-electron chi connectivity index (χ3n) is 1.98. The molecule has 0 saturated heterocycles. The molecule has 0 aliphatic carbocycles. The van der Waals surface area contributed by atoms with Gasteiger partial charge in [0.2, 0.25) is 0 Å². The van der Waals surface area contributed by atoms with Crippen LogP contribution in [0.2, 0.25) is 0 Å². The van der Waals surface area contributed by atoms with Gasteiger partial charge in [-0.1, -0.05) is 18.2 Å². The van der Waals surface area contributed by atoms with Crippen LogP contribution in [0.5, 0.6) is 0 Å². The summed E-state index contributed by atoms with van der Waals surface area (Å²) in [5.41, 5.74) is 0. The van der Waals surface area contributed by atoms with E-state index < -0.39 is 6.65 Å². The molecule has 0 atom stereocenters. The van der Waals surface area contributed by atoms with Crippen molar-refractivity contribution in [3.8, 4) is 0 Å². The van der Waals surface area contributed by atoms with E-state index >= 15 is 0 Å². The van der Waals surface area contributed by atoms with E-state index in [9.17, 15) is 4.57 Å². The summed E-state index contributed by atoms with van der Waals surface area (Å²) in [5, 5.41) is 0. The molecular weight excluding hydrogens is 227 g/mol. The Hall–Kier alpha value is -0.280. The molecule has 15 heavy (non-hydrogen) atoms. The van der Waals surface area contributed by atoms with Crippen LogP contribution in [0.15, 0.2) is 35.2 Å². The molecule has 0 amide bonds. The van der Waals surface area contributed by atoms with Crippen LogP contribution in [-0.4, -0.2) is 37.5 Å². The van der Waals surface area contributed by atoms with Crippen molar-refractivity contribution >= 4 is 18.0 Å². The lowest BCUT2D eigenvalue weighted by atomic mass is 10.4. The maximum atomic E-state index is 12.6. The van der Waals surface area contributed by atoms with E-state index in [1.165, 1.54) is 11.4 Å². The fourth-order valence-corrected chi connectivity index (χ4v) is 4.90. The average molecular weight is 244 g/mol. The first-order valence-electron chi connectivity index (χ1n) is 4.67. The van der Waals surface area contributed by atoms with Gasteiger partial charge in [-0.05, 0) is 51.7 Å². The van der Waals surface area contributed by atoms with Crippen LogP contribution in [0.25, 0.3) is 0 Å². The molecule has 5 heteroatoms. The van der Waals surface area contributed by atoms with Gasteiger partial charge < -0.3 is 0 Å². The average Bonchev–Trinajstić information content (AvgIpc) is 2.18. The van der Waals surface area contributed by atoms with Gasteiger partial charge >= 0.3 is 0 Å². The van der Waals surface area contributed by atoms with Gasteiger partial charge in [-0.3, -0.25) is 4.57 Å². The van der Waals surface area contributed by atoms with Crippen molar-refractivity contribution in [2.24, 2.45) is 0 Å². The van der Waals surface area contributed by atoms with Gasteiger partial charge in [-0.15, -0.1) is 0 Å². The Labute approximate surface area is 95.7 Å². The molecule has 0 aliphatic rings. The van der Waals surface area contributed by atoms with Crippen LogP contribution >= 0.6 is 18.0 Å². The lowest BCUT2D eigenvalue weighted by molar-refractivity contribution is 0.468. The van der Waals surface area contributed by atoms with Crippen molar-refractivity contribution in [1.82, 2.24) is 9.34 Å². The van der Waals surface area contributed by atoms with E-state index in [-0.39, 0.29) is 0 Å². The predicted molar refractivity (Wildman–Crippen MR) is 67.3 cm³/mol. The minimum atomic E-state index is -2.50. The first-order chi connectivity index (χ1) is 6.97. The van der Waals surface area contributed by atoms with E-state index in [2.05, 4.69) is 0 Å². The van der Waals surface area contributed by atoms with Crippen LogP contribution in [0.4, 0.5) is 0 Å². The van der Waals surface area contributed by atoms with E-state index in [0.717, 1.165) is 4.90 Å². The van der Waals surface area contributed by atoms with E-state index in [0.29, 0.717) is 0 Å². The highest BCUT2D eigenvalue weighted by Crippen LogP contribution is 2.64. The lowest BCUT2D eigenvalue weighted by Gasteiger charge is -2.29. The molecule has 3 nitrogen and oxygen atoms in total. The molecule has 0 unspecified atom stereocenters. The van der Waals surface area contributed by atoms with Gasteiger partial charge in [-0.25, -0.2) is 9.34 Å². The van der Waals surface area contributed by atoms with Crippen molar-refractivity contribution in [1.29, 1.82) is 0 Å². The van der Waals surface area contributed by atoms with E-state index in [1.807, 2.05) is 58.5 Å². The summed E-state index contributed by atoms with van der Waals surface area (Å²) in [6.45, 7) is -2.50. The summed E-state index contributed by atoms with van der Waals surface area (Å²) in [6.07, 6.45) is 0. The van der Waals surface area contributed by atoms with Gasteiger partial charge in [0.15, 0.2) is 0 Å². The Morgan fingerprint density at radius 1 is 1.00 bits per heavy atom. The van der Waals surface area contributed by atoms with Crippen LogP contribution in [0.3, 0.4) is 0 Å². The second-order valence-electron chi connectivity index (χ2n) is 3.59. The van der Waals surface area contributed by atoms with Gasteiger partial charge in [0, 0.05) is 4.90 Å². The Morgan fingerprint density at radius 2 is 1.47 bits per heavy atom. The third kappa shape index (κ3) is 3.08. The van der Waals surface area contributed by atoms with Gasteiger partial charge in [0.25, 0.3) is 6.65 Å². The summed E-state index contributed by atoms with van der Waals surface area (Å²) in [5.74, 6) is 0. The molecule has 0 heterocycles. The zero-order valence-corrected chi connectivity index (χ0v) is 11.3. The standard InChI is InChI=1S/C10H17N2OPS/c1-11(2)14(13,12(3)4)15-10-8-6-5-7-9-10/h5-9H,1-4H3. The van der Waals surface area contributed by atoms with Crippen molar-refractivity contribution < 1.29 is 4.57 Å².